The maximum atomic E-state index is 10.9. The molecule has 0 atom stereocenters. The summed E-state index contributed by atoms with van der Waals surface area (Å²) in [4.78, 5) is 10.9. The molecule has 2 N–H and O–H groups in total. The number of nitrogens with two attached hydrogens (primary N) is 1. The van der Waals surface area contributed by atoms with Gasteiger partial charge in [-0.25, -0.2) is 0 Å². The number of rotatable bonds is 1. The molecule has 4 heteroatoms. The molecule has 2 aromatic rings. The number of fused-ring (bicyclic) bond motifs is 1. The van der Waals surface area contributed by atoms with Crippen molar-refractivity contribution in [3.63, 3.8) is 0 Å². The van der Waals surface area contributed by atoms with Crippen molar-refractivity contribution in [2.75, 3.05) is 0 Å². The number of hydrogen-bond acceptors (Lipinski definition) is 3. The van der Waals surface area contributed by atoms with Crippen molar-refractivity contribution < 1.29 is 9.21 Å². The summed E-state index contributed by atoms with van der Waals surface area (Å²) in [7, 11) is 0. The highest BCUT2D eigenvalue weighted by molar-refractivity contribution is 7.71. The Hall–Kier alpha value is -1.68. The molecular formula is C10H7NO2S. The second-order valence-electron chi connectivity index (χ2n) is 2.84. The first-order chi connectivity index (χ1) is 6.68. The minimum atomic E-state index is -0.609. The van der Waals surface area contributed by atoms with E-state index in [1.54, 1.807) is 6.07 Å². The Morgan fingerprint density at radius 1 is 1.36 bits per heavy atom. The molecule has 0 aliphatic heterocycles. The molecule has 0 saturated heterocycles. The van der Waals surface area contributed by atoms with Gasteiger partial charge >= 0.3 is 0 Å². The second kappa shape index (κ2) is 3.23. The van der Waals surface area contributed by atoms with Crippen LogP contribution in [0.25, 0.3) is 11.0 Å². The number of hydrogen-bond donors (Lipinski definition) is 1. The number of para-hydroxylation sites is 1. The van der Waals surface area contributed by atoms with Crippen molar-refractivity contribution in [2.45, 2.75) is 0 Å². The van der Waals surface area contributed by atoms with E-state index in [9.17, 15) is 4.79 Å². The van der Waals surface area contributed by atoms with E-state index in [0.717, 1.165) is 5.39 Å². The molecule has 70 valence electrons. The second-order valence-corrected chi connectivity index (χ2v) is 3.28. The van der Waals surface area contributed by atoms with Crippen molar-refractivity contribution in [1.82, 2.24) is 0 Å². The highest BCUT2D eigenvalue weighted by Crippen LogP contribution is 2.17. The first-order valence-corrected chi connectivity index (χ1v) is 4.42. The Morgan fingerprint density at radius 3 is 2.79 bits per heavy atom. The Labute approximate surface area is 85.1 Å². The predicted molar refractivity (Wildman–Crippen MR) is 55.6 cm³/mol. The molecule has 0 spiro atoms. The van der Waals surface area contributed by atoms with Gasteiger partial charge in [-0.05, 0) is 12.1 Å². The van der Waals surface area contributed by atoms with Gasteiger partial charge in [0.05, 0.1) is 4.51 Å². The first kappa shape index (κ1) is 8.90. The maximum Gasteiger partial charge on any atom is 0.284 e. The fraction of sp³-hybridized carbons (Fsp3) is 0. The topological polar surface area (TPSA) is 56.2 Å². The van der Waals surface area contributed by atoms with Crippen molar-refractivity contribution in [3.8, 4) is 0 Å². The molecule has 14 heavy (non-hydrogen) atoms. The van der Waals surface area contributed by atoms with Crippen molar-refractivity contribution in [1.29, 1.82) is 0 Å². The number of carbonyl (C=O) groups excluding carboxylic acids is 1. The van der Waals surface area contributed by atoms with Crippen LogP contribution < -0.4 is 5.73 Å². The lowest BCUT2D eigenvalue weighted by Gasteiger charge is -1.99. The van der Waals surface area contributed by atoms with Gasteiger partial charge in [0, 0.05) is 11.5 Å². The molecule has 1 amide bonds. The molecule has 0 bridgehead atoms. The summed E-state index contributed by atoms with van der Waals surface area (Å²) in [6, 6.07) is 8.73. The van der Waals surface area contributed by atoms with Crippen LogP contribution in [-0.2, 0) is 0 Å². The fourth-order valence-corrected chi connectivity index (χ4v) is 1.50. The summed E-state index contributed by atoms with van der Waals surface area (Å²) in [5.74, 6) is -0.518. The van der Waals surface area contributed by atoms with Gasteiger partial charge in [0.1, 0.15) is 5.58 Å². The lowest BCUT2D eigenvalue weighted by molar-refractivity contribution is 0.0974. The monoisotopic (exact) mass is 205 g/mol. The van der Waals surface area contributed by atoms with Crippen molar-refractivity contribution in [3.05, 3.63) is 40.6 Å². The van der Waals surface area contributed by atoms with Gasteiger partial charge < -0.3 is 10.2 Å². The minimum Gasteiger partial charge on any atom is -0.451 e. The average Bonchev–Trinajstić information content (AvgIpc) is 2.17. The lowest BCUT2D eigenvalue weighted by atomic mass is 10.2. The Morgan fingerprint density at radius 2 is 2.07 bits per heavy atom. The largest absolute Gasteiger partial charge is 0.451 e. The van der Waals surface area contributed by atoms with E-state index < -0.39 is 5.91 Å². The summed E-state index contributed by atoms with van der Waals surface area (Å²) < 4.78 is 5.83. The lowest BCUT2D eigenvalue weighted by Crippen LogP contribution is -2.10. The molecule has 0 saturated carbocycles. The summed E-state index contributed by atoms with van der Waals surface area (Å²) in [5, 5.41) is 0.813. The van der Waals surface area contributed by atoms with E-state index in [-0.39, 0.29) is 5.76 Å². The molecule has 0 fully saturated rings. The first-order valence-electron chi connectivity index (χ1n) is 4.01. The third-order valence-electron chi connectivity index (χ3n) is 1.88. The van der Waals surface area contributed by atoms with Gasteiger partial charge in [0.2, 0.25) is 0 Å². The predicted octanol–water partition coefficient (Wildman–Crippen LogP) is 2.26. The Kier molecular flexibility index (Phi) is 2.05. The number of carbonyl (C=O) groups is 1. The zero-order valence-corrected chi connectivity index (χ0v) is 8.01. The van der Waals surface area contributed by atoms with Gasteiger partial charge in [-0.3, -0.25) is 4.79 Å². The summed E-state index contributed by atoms with van der Waals surface area (Å²) in [6.07, 6.45) is 0. The molecule has 1 aromatic heterocycles. The zero-order valence-electron chi connectivity index (χ0n) is 7.19. The summed E-state index contributed by atoms with van der Waals surface area (Å²) in [6.45, 7) is 0. The smallest absolute Gasteiger partial charge is 0.284 e. The summed E-state index contributed by atoms with van der Waals surface area (Å²) >= 11 is 5.09. The minimum absolute atomic E-state index is 0.0914. The SMILES string of the molecule is NC(=O)c1cc(=S)c2ccccc2o1. The normalized spacial score (nSPS) is 10.3. The molecule has 1 heterocycles. The third-order valence-corrected chi connectivity index (χ3v) is 2.22. The Balaban J connectivity index is 2.86. The van der Waals surface area contributed by atoms with E-state index in [1.807, 2.05) is 18.2 Å². The van der Waals surface area contributed by atoms with Crippen LogP contribution in [0.1, 0.15) is 10.6 Å². The third kappa shape index (κ3) is 1.40. The molecular weight excluding hydrogens is 198 g/mol. The summed E-state index contributed by atoms with van der Waals surface area (Å²) in [5.41, 5.74) is 5.67. The van der Waals surface area contributed by atoms with Gasteiger partial charge in [0.25, 0.3) is 5.91 Å². The van der Waals surface area contributed by atoms with Gasteiger partial charge in [-0.15, -0.1) is 0 Å². The molecule has 2 rings (SSSR count). The van der Waals surface area contributed by atoms with Crippen LogP contribution in [0.2, 0.25) is 0 Å². The van der Waals surface area contributed by atoms with Crippen LogP contribution in [0.15, 0.2) is 34.7 Å². The molecule has 0 aliphatic carbocycles. The number of amides is 1. The Bertz CT molecular complexity index is 559. The highest BCUT2D eigenvalue weighted by atomic mass is 32.1. The van der Waals surface area contributed by atoms with Gasteiger partial charge in [0.15, 0.2) is 5.76 Å². The van der Waals surface area contributed by atoms with Gasteiger partial charge in [-0.2, -0.15) is 0 Å². The van der Waals surface area contributed by atoms with Crippen LogP contribution in [0, 0.1) is 4.51 Å². The van der Waals surface area contributed by atoms with Crippen molar-refractivity contribution in [2.24, 2.45) is 5.73 Å². The number of primary amides is 1. The highest BCUT2D eigenvalue weighted by Gasteiger charge is 2.05. The van der Waals surface area contributed by atoms with E-state index in [1.165, 1.54) is 6.07 Å². The van der Waals surface area contributed by atoms with Crippen LogP contribution in [-0.4, -0.2) is 5.91 Å². The average molecular weight is 205 g/mol. The van der Waals surface area contributed by atoms with E-state index in [0.29, 0.717) is 10.1 Å². The molecule has 0 aliphatic rings. The van der Waals surface area contributed by atoms with Crippen molar-refractivity contribution >= 4 is 29.1 Å². The van der Waals surface area contributed by atoms with Crippen LogP contribution >= 0.6 is 12.2 Å². The maximum absolute atomic E-state index is 10.9. The van der Waals surface area contributed by atoms with E-state index in [4.69, 9.17) is 22.4 Å². The van der Waals surface area contributed by atoms with E-state index in [2.05, 4.69) is 0 Å². The van der Waals surface area contributed by atoms with Crippen LogP contribution in [0.5, 0.6) is 0 Å². The van der Waals surface area contributed by atoms with Gasteiger partial charge in [-0.1, -0.05) is 24.4 Å². The molecule has 0 unspecified atom stereocenters. The molecule has 3 nitrogen and oxygen atoms in total. The molecule has 0 radical (unpaired) electrons. The standard InChI is InChI=1S/C10H7NO2S/c11-10(12)8-5-9(14)6-3-1-2-4-7(6)13-8/h1-5H,(H2,11,12). The quantitative estimate of drug-likeness (QED) is 0.726. The number of benzene rings is 1. The van der Waals surface area contributed by atoms with E-state index >= 15 is 0 Å². The zero-order chi connectivity index (χ0) is 10.1. The fourth-order valence-electron chi connectivity index (χ4n) is 1.23. The molecule has 1 aromatic carbocycles. The van der Waals surface area contributed by atoms with Crippen LogP contribution in [0.3, 0.4) is 0 Å². The van der Waals surface area contributed by atoms with Crippen LogP contribution in [0.4, 0.5) is 0 Å².